The van der Waals surface area contributed by atoms with E-state index in [-0.39, 0.29) is 36.0 Å². The van der Waals surface area contributed by atoms with Crippen LogP contribution in [0.15, 0.2) is 53.4 Å². The standard InChI is InChI=1S/C24H30N6O5S/c1-29(24(32)12-17-6-8-21(9-7-17)36(2,33)34)22(15-30-11-10-19(31)14-30)18-4-3-5-20(13-18)35-16-23-25-27-28-26-23/h3-9,13,19,22,31H,10-12,14-16H2,1-2H3,(H,25,26,27,28)/t19-,22+/m0/s1. The lowest BCUT2D eigenvalue weighted by Gasteiger charge is -2.32. The Balaban J connectivity index is 1.51. The number of benzene rings is 2. The number of sulfone groups is 1. The molecule has 1 saturated heterocycles. The predicted octanol–water partition coefficient (Wildman–Crippen LogP) is 0.991. The number of likely N-dealkylation sites (N-methyl/N-ethyl adjacent to an activating group) is 1. The number of hydrogen-bond acceptors (Lipinski definition) is 9. The van der Waals surface area contributed by atoms with E-state index in [0.29, 0.717) is 31.1 Å². The Kier molecular flexibility index (Phi) is 7.97. The summed E-state index contributed by atoms with van der Waals surface area (Å²) in [6, 6.07) is 13.6. The van der Waals surface area contributed by atoms with Crippen LogP contribution < -0.4 is 4.74 Å². The maximum Gasteiger partial charge on any atom is 0.227 e. The monoisotopic (exact) mass is 514 g/mol. The smallest absolute Gasteiger partial charge is 0.227 e. The number of rotatable bonds is 10. The van der Waals surface area contributed by atoms with Gasteiger partial charge in [-0.05, 0) is 41.8 Å². The van der Waals surface area contributed by atoms with Crippen molar-refractivity contribution in [3.05, 3.63) is 65.5 Å². The molecule has 1 aromatic heterocycles. The molecule has 1 aliphatic rings. The summed E-state index contributed by atoms with van der Waals surface area (Å²) in [5, 5.41) is 23.7. The highest BCUT2D eigenvalue weighted by molar-refractivity contribution is 7.90. The molecule has 36 heavy (non-hydrogen) atoms. The van der Waals surface area contributed by atoms with E-state index in [2.05, 4.69) is 25.5 Å². The maximum atomic E-state index is 13.3. The Morgan fingerprint density at radius 3 is 2.69 bits per heavy atom. The fourth-order valence-corrected chi connectivity index (χ4v) is 4.84. The third-order valence-electron chi connectivity index (χ3n) is 6.25. The summed E-state index contributed by atoms with van der Waals surface area (Å²) in [5.74, 6) is 0.933. The predicted molar refractivity (Wildman–Crippen MR) is 131 cm³/mol. The summed E-state index contributed by atoms with van der Waals surface area (Å²) in [7, 11) is -1.54. The second-order valence-electron chi connectivity index (χ2n) is 9.00. The number of aliphatic hydroxyl groups is 1. The van der Waals surface area contributed by atoms with Crippen LogP contribution >= 0.6 is 0 Å². The number of tetrazole rings is 1. The Bertz CT molecular complexity index is 1270. The molecule has 4 rings (SSSR count). The fourth-order valence-electron chi connectivity index (χ4n) is 4.20. The van der Waals surface area contributed by atoms with Crippen molar-refractivity contribution in [2.75, 3.05) is 32.9 Å². The lowest BCUT2D eigenvalue weighted by atomic mass is 10.0. The van der Waals surface area contributed by atoms with Crippen LogP contribution in [0.4, 0.5) is 0 Å². The zero-order valence-electron chi connectivity index (χ0n) is 20.2. The molecule has 0 spiro atoms. The number of H-pyrrole nitrogens is 1. The Hall–Kier alpha value is -3.35. The summed E-state index contributed by atoms with van der Waals surface area (Å²) in [4.78, 5) is 17.4. The zero-order valence-corrected chi connectivity index (χ0v) is 21.1. The van der Waals surface area contributed by atoms with Gasteiger partial charge in [-0.2, -0.15) is 5.21 Å². The molecule has 1 aliphatic heterocycles. The van der Waals surface area contributed by atoms with E-state index < -0.39 is 9.84 Å². The van der Waals surface area contributed by atoms with Crippen molar-refractivity contribution >= 4 is 15.7 Å². The molecule has 1 amide bonds. The number of likely N-dealkylation sites (tertiary alicyclic amines) is 1. The van der Waals surface area contributed by atoms with E-state index >= 15 is 0 Å². The van der Waals surface area contributed by atoms with E-state index in [1.54, 1.807) is 24.1 Å². The average molecular weight is 515 g/mol. The lowest BCUT2D eigenvalue weighted by molar-refractivity contribution is -0.131. The van der Waals surface area contributed by atoms with Crippen molar-refractivity contribution in [2.24, 2.45) is 0 Å². The quantitative estimate of drug-likeness (QED) is 0.405. The number of β-amino-alcohol motifs (C(OH)–C–C–N with tert-alkyl or cyclic N) is 1. The van der Waals surface area contributed by atoms with Gasteiger partial charge in [0.05, 0.1) is 23.5 Å². The minimum atomic E-state index is -3.30. The molecule has 2 atom stereocenters. The summed E-state index contributed by atoms with van der Waals surface area (Å²) in [6.45, 7) is 2.02. The molecule has 2 heterocycles. The van der Waals surface area contributed by atoms with Crippen LogP contribution in [0, 0.1) is 0 Å². The molecular weight excluding hydrogens is 484 g/mol. The van der Waals surface area contributed by atoms with E-state index in [1.165, 1.54) is 12.1 Å². The van der Waals surface area contributed by atoms with Gasteiger partial charge in [0.25, 0.3) is 0 Å². The molecule has 0 radical (unpaired) electrons. The second-order valence-corrected chi connectivity index (χ2v) is 11.0. The molecule has 0 unspecified atom stereocenters. The van der Waals surface area contributed by atoms with Crippen molar-refractivity contribution in [3.63, 3.8) is 0 Å². The molecule has 0 bridgehead atoms. The molecular formula is C24H30N6O5S. The van der Waals surface area contributed by atoms with Crippen LogP contribution in [0.25, 0.3) is 0 Å². The highest BCUT2D eigenvalue weighted by Crippen LogP contribution is 2.27. The second kappa shape index (κ2) is 11.1. The molecule has 1 fully saturated rings. The van der Waals surface area contributed by atoms with Gasteiger partial charge in [0.1, 0.15) is 5.75 Å². The van der Waals surface area contributed by atoms with Crippen molar-refractivity contribution in [2.45, 2.75) is 36.5 Å². The summed E-state index contributed by atoms with van der Waals surface area (Å²) in [5.41, 5.74) is 1.62. The number of aliphatic hydroxyl groups excluding tert-OH is 1. The number of carbonyl (C=O) groups is 1. The maximum absolute atomic E-state index is 13.3. The molecule has 192 valence electrons. The average Bonchev–Trinajstić information content (AvgIpc) is 3.52. The van der Waals surface area contributed by atoms with Crippen LogP contribution in [0.5, 0.6) is 5.75 Å². The number of hydrogen-bond donors (Lipinski definition) is 2. The van der Waals surface area contributed by atoms with Gasteiger partial charge in [-0.15, -0.1) is 10.2 Å². The first-order chi connectivity index (χ1) is 17.2. The van der Waals surface area contributed by atoms with Gasteiger partial charge in [-0.1, -0.05) is 29.5 Å². The van der Waals surface area contributed by atoms with E-state index in [0.717, 1.165) is 23.9 Å². The Morgan fingerprint density at radius 2 is 2.06 bits per heavy atom. The topological polar surface area (TPSA) is 142 Å². The highest BCUT2D eigenvalue weighted by atomic mass is 32.2. The minimum Gasteiger partial charge on any atom is -0.485 e. The Labute approximate surface area is 210 Å². The molecule has 2 aromatic carbocycles. The van der Waals surface area contributed by atoms with E-state index in [1.807, 2.05) is 24.3 Å². The molecule has 3 aromatic rings. The van der Waals surface area contributed by atoms with Gasteiger partial charge in [0, 0.05) is 32.9 Å². The van der Waals surface area contributed by atoms with E-state index in [4.69, 9.17) is 4.74 Å². The highest BCUT2D eigenvalue weighted by Gasteiger charge is 2.28. The number of ether oxygens (including phenoxy) is 1. The van der Waals surface area contributed by atoms with Crippen molar-refractivity contribution < 1.29 is 23.1 Å². The normalized spacial score (nSPS) is 17.1. The third kappa shape index (κ3) is 6.65. The van der Waals surface area contributed by atoms with Gasteiger partial charge in [0.2, 0.25) is 11.7 Å². The van der Waals surface area contributed by atoms with Crippen molar-refractivity contribution in [1.82, 2.24) is 30.4 Å². The van der Waals surface area contributed by atoms with Crippen LogP contribution in [0.1, 0.15) is 29.4 Å². The van der Waals surface area contributed by atoms with Crippen molar-refractivity contribution in [3.8, 4) is 5.75 Å². The number of amides is 1. The zero-order chi connectivity index (χ0) is 25.7. The van der Waals surface area contributed by atoms with Gasteiger partial charge >= 0.3 is 0 Å². The fraction of sp³-hybridized carbons (Fsp3) is 0.417. The first-order valence-electron chi connectivity index (χ1n) is 11.6. The molecule has 12 heteroatoms. The van der Waals surface area contributed by atoms with Crippen molar-refractivity contribution in [1.29, 1.82) is 0 Å². The van der Waals surface area contributed by atoms with E-state index in [9.17, 15) is 18.3 Å². The lowest BCUT2D eigenvalue weighted by Crippen LogP contribution is -2.39. The number of nitrogens with zero attached hydrogens (tertiary/aromatic N) is 5. The van der Waals surface area contributed by atoms with Gasteiger partial charge in [-0.25, -0.2) is 8.42 Å². The molecule has 2 N–H and O–H groups in total. The Morgan fingerprint density at radius 1 is 1.28 bits per heavy atom. The first kappa shape index (κ1) is 25.7. The molecule has 0 aliphatic carbocycles. The van der Waals surface area contributed by atoms with Crippen LogP contribution in [-0.4, -0.2) is 88.9 Å². The van der Waals surface area contributed by atoms with Gasteiger partial charge in [0.15, 0.2) is 16.4 Å². The van der Waals surface area contributed by atoms with Crippen LogP contribution in [-0.2, 0) is 27.7 Å². The van der Waals surface area contributed by atoms with Gasteiger partial charge in [-0.3, -0.25) is 9.69 Å². The number of carbonyl (C=O) groups excluding carboxylic acids is 1. The minimum absolute atomic E-state index is 0.107. The summed E-state index contributed by atoms with van der Waals surface area (Å²) < 4.78 is 29.3. The van der Waals surface area contributed by atoms with Gasteiger partial charge < -0.3 is 14.7 Å². The molecule has 11 nitrogen and oxygen atoms in total. The largest absolute Gasteiger partial charge is 0.485 e. The summed E-state index contributed by atoms with van der Waals surface area (Å²) >= 11 is 0. The van der Waals surface area contributed by atoms with Crippen LogP contribution in [0.2, 0.25) is 0 Å². The first-order valence-corrected chi connectivity index (χ1v) is 13.5. The number of nitrogens with one attached hydrogen (secondary N) is 1. The third-order valence-corrected chi connectivity index (χ3v) is 7.37. The summed E-state index contributed by atoms with van der Waals surface area (Å²) in [6.07, 6.45) is 1.61. The van der Waals surface area contributed by atoms with Crippen LogP contribution in [0.3, 0.4) is 0 Å². The molecule has 0 saturated carbocycles. The number of aromatic amines is 1. The SMILES string of the molecule is CN(C(=O)Cc1ccc(S(C)(=O)=O)cc1)[C@H](CN1CC[C@H](O)C1)c1cccc(OCc2nn[nH]n2)c1. The number of aromatic nitrogens is 4.